The molecule has 0 bridgehead atoms. The molecule has 0 spiro atoms. The van der Waals surface area contributed by atoms with Crippen LogP contribution in [0.1, 0.15) is 13.8 Å². The van der Waals surface area contributed by atoms with Gasteiger partial charge in [0.25, 0.3) is 5.69 Å². The first-order valence-electron chi connectivity index (χ1n) is 5.68. The summed E-state index contributed by atoms with van der Waals surface area (Å²) in [5.74, 6) is 1.77. The fraction of sp³-hybridized carbons (Fsp3) is 0.545. The summed E-state index contributed by atoms with van der Waals surface area (Å²) in [6.07, 6.45) is 0. The van der Waals surface area contributed by atoms with Crippen LogP contribution < -0.4 is 10.6 Å². The molecule has 1 saturated heterocycles. The zero-order valence-corrected chi connectivity index (χ0v) is 11.2. The molecule has 1 fully saturated rings. The molecule has 1 aliphatic heterocycles. The molecular weight excluding hydrogens is 252 g/mol. The topological polar surface area (TPSA) is 85.3 Å². The maximum absolute atomic E-state index is 10.8. The Kier molecular flexibility index (Phi) is 3.34. The molecule has 0 aromatic carbocycles. The van der Waals surface area contributed by atoms with E-state index in [1.165, 1.54) is 12.1 Å². The van der Waals surface area contributed by atoms with Gasteiger partial charge in [-0.2, -0.15) is 11.8 Å². The smallest absolute Gasteiger partial charge is 0.276 e. The number of hydrogen-bond donors (Lipinski definition) is 1. The summed E-state index contributed by atoms with van der Waals surface area (Å²) in [4.78, 5) is 16.6. The van der Waals surface area contributed by atoms with Crippen LogP contribution in [0, 0.1) is 10.1 Å². The Morgan fingerprint density at radius 2 is 2.28 bits per heavy atom. The first-order chi connectivity index (χ1) is 8.37. The summed E-state index contributed by atoms with van der Waals surface area (Å²) in [6, 6.07) is 2.77. The van der Waals surface area contributed by atoms with Gasteiger partial charge >= 0.3 is 0 Å². The van der Waals surface area contributed by atoms with Gasteiger partial charge in [-0.25, -0.2) is 4.98 Å². The summed E-state index contributed by atoms with van der Waals surface area (Å²) in [7, 11) is 0. The van der Waals surface area contributed by atoms with Crippen LogP contribution in [0.25, 0.3) is 0 Å². The Hall–Kier alpha value is -1.50. The van der Waals surface area contributed by atoms with Crippen molar-refractivity contribution in [1.29, 1.82) is 0 Å². The third-order valence-electron chi connectivity index (χ3n) is 2.78. The lowest BCUT2D eigenvalue weighted by molar-refractivity contribution is -0.384. The molecule has 6 nitrogen and oxygen atoms in total. The van der Waals surface area contributed by atoms with Crippen LogP contribution in [0.5, 0.6) is 0 Å². The van der Waals surface area contributed by atoms with E-state index in [2.05, 4.69) is 23.7 Å². The Morgan fingerprint density at radius 3 is 2.89 bits per heavy atom. The molecule has 0 radical (unpaired) electrons. The number of hydrogen-bond acceptors (Lipinski definition) is 6. The van der Waals surface area contributed by atoms with Crippen LogP contribution in [-0.2, 0) is 0 Å². The van der Waals surface area contributed by atoms with Gasteiger partial charge in [0.1, 0.15) is 11.6 Å². The average Bonchev–Trinajstić information content (AvgIpc) is 2.26. The van der Waals surface area contributed by atoms with Crippen molar-refractivity contribution in [2.75, 3.05) is 29.5 Å². The summed E-state index contributed by atoms with van der Waals surface area (Å²) in [6.45, 7) is 5.96. The zero-order valence-electron chi connectivity index (χ0n) is 10.4. The van der Waals surface area contributed by atoms with E-state index in [0.29, 0.717) is 5.82 Å². The molecule has 98 valence electrons. The highest BCUT2D eigenvalue weighted by Crippen LogP contribution is 2.32. The lowest BCUT2D eigenvalue weighted by Crippen LogP contribution is -2.43. The number of nitrogens with zero attached hydrogens (tertiary/aromatic N) is 3. The van der Waals surface area contributed by atoms with E-state index in [1.54, 1.807) is 0 Å². The first-order valence-corrected chi connectivity index (χ1v) is 6.67. The van der Waals surface area contributed by atoms with Crippen molar-refractivity contribution in [3.05, 3.63) is 22.2 Å². The van der Waals surface area contributed by atoms with Crippen LogP contribution in [0.15, 0.2) is 12.1 Å². The molecule has 2 rings (SSSR count). The van der Waals surface area contributed by atoms with E-state index in [9.17, 15) is 10.1 Å². The minimum absolute atomic E-state index is 0.00599. The lowest BCUT2D eigenvalue weighted by atomic mass is 10.2. The van der Waals surface area contributed by atoms with Crippen LogP contribution in [0.2, 0.25) is 0 Å². The van der Waals surface area contributed by atoms with Gasteiger partial charge in [-0.05, 0) is 13.8 Å². The summed E-state index contributed by atoms with van der Waals surface area (Å²) < 4.78 is 0.124. The van der Waals surface area contributed by atoms with Crippen molar-refractivity contribution in [2.24, 2.45) is 0 Å². The van der Waals surface area contributed by atoms with Crippen molar-refractivity contribution in [3.8, 4) is 0 Å². The molecule has 0 unspecified atom stereocenters. The number of anilines is 2. The summed E-state index contributed by atoms with van der Waals surface area (Å²) >= 11 is 1.90. The molecule has 1 aromatic heterocycles. The van der Waals surface area contributed by atoms with E-state index in [1.807, 2.05) is 11.8 Å². The number of pyridine rings is 1. The van der Waals surface area contributed by atoms with Crippen LogP contribution in [-0.4, -0.2) is 33.5 Å². The zero-order chi connectivity index (χ0) is 13.3. The van der Waals surface area contributed by atoms with Gasteiger partial charge in [0.2, 0.25) is 0 Å². The van der Waals surface area contributed by atoms with Crippen LogP contribution in [0.4, 0.5) is 17.3 Å². The maximum Gasteiger partial charge on any atom is 0.276 e. The van der Waals surface area contributed by atoms with Crippen molar-refractivity contribution < 1.29 is 4.92 Å². The fourth-order valence-electron chi connectivity index (χ4n) is 2.00. The van der Waals surface area contributed by atoms with E-state index in [0.717, 1.165) is 18.8 Å². The van der Waals surface area contributed by atoms with Crippen molar-refractivity contribution in [3.63, 3.8) is 0 Å². The molecule has 0 aliphatic carbocycles. The van der Waals surface area contributed by atoms with Gasteiger partial charge in [-0.3, -0.25) is 10.1 Å². The number of rotatable bonds is 2. The number of nitrogens with two attached hydrogens (primary N) is 1. The summed E-state index contributed by atoms with van der Waals surface area (Å²) in [5.41, 5.74) is 5.62. The minimum atomic E-state index is -0.439. The van der Waals surface area contributed by atoms with Crippen molar-refractivity contribution in [2.45, 2.75) is 18.6 Å². The average molecular weight is 268 g/mol. The quantitative estimate of drug-likeness (QED) is 0.651. The van der Waals surface area contributed by atoms with E-state index in [4.69, 9.17) is 5.73 Å². The van der Waals surface area contributed by atoms with Gasteiger partial charge < -0.3 is 10.6 Å². The molecule has 1 aromatic rings. The molecule has 0 amide bonds. The summed E-state index contributed by atoms with van der Waals surface area (Å²) in [5, 5.41) is 10.8. The van der Waals surface area contributed by atoms with Gasteiger partial charge in [0.05, 0.1) is 17.1 Å². The van der Waals surface area contributed by atoms with Gasteiger partial charge in [-0.1, -0.05) is 0 Å². The predicted molar refractivity (Wildman–Crippen MR) is 74.1 cm³/mol. The Labute approximate surface area is 110 Å². The number of aromatic nitrogens is 1. The Bertz CT molecular complexity index is 478. The normalized spacial score (nSPS) is 18.7. The standard InChI is InChI=1S/C11H16N4O2S/c1-11(2)7-14(3-4-18-11)10-6-8(15(16)17)5-9(12)13-10/h5-6H,3-4,7H2,1-2H3,(H2,12,13). The van der Waals surface area contributed by atoms with Crippen LogP contribution in [0.3, 0.4) is 0 Å². The highest BCUT2D eigenvalue weighted by atomic mass is 32.2. The lowest BCUT2D eigenvalue weighted by Gasteiger charge is -2.38. The maximum atomic E-state index is 10.8. The minimum Gasteiger partial charge on any atom is -0.383 e. The van der Waals surface area contributed by atoms with E-state index in [-0.39, 0.29) is 16.3 Å². The van der Waals surface area contributed by atoms with Crippen molar-refractivity contribution in [1.82, 2.24) is 4.98 Å². The predicted octanol–water partition coefficient (Wildman–Crippen LogP) is 1.90. The number of nitro groups is 1. The van der Waals surface area contributed by atoms with Gasteiger partial charge in [0, 0.05) is 23.6 Å². The van der Waals surface area contributed by atoms with Gasteiger partial charge in [0.15, 0.2) is 0 Å². The molecule has 0 atom stereocenters. The molecule has 2 heterocycles. The fourth-order valence-corrected chi connectivity index (χ4v) is 3.11. The third kappa shape index (κ3) is 2.84. The molecular formula is C11H16N4O2S. The molecule has 0 saturated carbocycles. The Balaban J connectivity index is 2.30. The molecule has 1 aliphatic rings. The second kappa shape index (κ2) is 4.64. The van der Waals surface area contributed by atoms with Crippen molar-refractivity contribution >= 4 is 29.1 Å². The van der Waals surface area contributed by atoms with E-state index >= 15 is 0 Å². The van der Waals surface area contributed by atoms with E-state index < -0.39 is 4.92 Å². The molecule has 18 heavy (non-hydrogen) atoms. The SMILES string of the molecule is CC1(C)CN(c2cc([N+](=O)[O-])cc(N)n2)CCS1. The highest BCUT2D eigenvalue weighted by Gasteiger charge is 2.28. The monoisotopic (exact) mass is 268 g/mol. The largest absolute Gasteiger partial charge is 0.383 e. The number of thioether (sulfide) groups is 1. The van der Waals surface area contributed by atoms with Crippen LogP contribution >= 0.6 is 11.8 Å². The first kappa shape index (κ1) is 12.9. The number of nitrogen functional groups attached to an aromatic ring is 1. The molecule has 2 N–H and O–H groups in total. The Morgan fingerprint density at radius 1 is 1.56 bits per heavy atom. The second-order valence-electron chi connectivity index (χ2n) is 4.90. The van der Waals surface area contributed by atoms with Gasteiger partial charge in [-0.15, -0.1) is 0 Å². The third-order valence-corrected chi connectivity index (χ3v) is 4.07. The molecule has 7 heteroatoms. The second-order valence-corrected chi connectivity index (χ2v) is 6.70. The highest BCUT2D eigenvalue weighted by molar-refractivity contribution is 8.00.